The Morgan fingerprint density at radius 1 is 1.13 bits per heavy atom. The molecule has 6 nitrogen and oxygen atoms in total. The molecule has 0 fully saturated rings. The van der Waals surface area contributed by atoms with E-state index < -0.39 is 15.8 Å². The molecule has 0 saturated heterocycles. The highest BCUT2D eigenvalue weighted by Crippen LogP contribution is 2.24. The quantitative estimate of drug-likeness (QED) is 0.877. The zero-order valence-electron chi connectivity index (χ0n) is 12.5. The second kappa shape index (κ2) is 6.66. The summed E-state index contributed by atoms with van der Waals surface area (Å²) >= 11 is 0. The zero-order chi connectivity index (χ0) is 17.0. The minimum atomic E-state index is -3.96. The van der Waals surface area contributed by atoms with Gasteiger partial charge in [0.05, 0.1) is 17.7 Å². The van der Waals surface area contributed by atoms with Gasteiger partial charge in [0.2, 0.25) is 5.91 Å². The Morgan fingerprint density at radius 2 is 1.78 bits per heavy atom. The molecule has 0 aliphatic heterocycles. The van der Waals surface area contributed by atoms with E-state index in [0.29, 0.717) is 5.75 Å². The zero-order valence-corrected chi connectivity index (χ0v) is 13.3. The van der Waals surface area contributed by atoms with Crippen LogP contribution >= 0.6 is 0 Å². The van der Waals surface area contributed by atoms with E-state index in [4.69, 9.17) is 4.74 Å². The van der Waals surface area contributed by atoms with Crippen LogP contribution in [0.3, 0.4) is 0 Å². The van der Waals surface area contributed by atoms with Crippen molar-refractivity contribution in [1.29, 1.82) is 0 Å². The second-order valence-corrected chi connectivity index (χ2v) is 6.34. The molecule has 0 unspecified atom stereocenters. The van der Waals surface area contributed by atoms with Gasteiger partial charge < -0.3 is 10.1 Å². The molecule has 8 heteroatoms. The van der Waals surface area contributed by atoms with Crippen LogP contribution < -0.4 is 14.8 Å². The van der Waals surface area contributed by atoms with Gasteiger partial charge in [-0.25, -0.2) is 12.8 Å². The first-order valence-electron chi connectivity index (χ1n) is 6.56. The van der Waals surface area contributed by atoms with Crippen molar-refractivity contribution in [2.75, 3.05) is 17.1 Å². The molecule has 2 aromatic carbocycles. The number of carbonyl (C=O) groups is 1. The fraction of sp³-hybridized carbons (Fsp3) is 0.133. The van der Waals surface area contributed by atoms with Crippen LogP contribution in [0.15, 0.2) is 47.4 Å². The second-order valence-electron chi connectivity index (χ2n) is 4.66. The standard InChI is InChI=1S/C15H15FN2O4S/c1-10(19)17-11-3-8-14(16)15(9-11)18-23(20,21)13-6-4-12(22-2)5-7-13/h3-9,18H,1-2H3,(H,17,19). The Hall–Kier alpha value is -2.61. The molecule has 0 radical (unpaired) electrons. The van der Waals surface area contributed by atoms with Gasteiger partial charge in [-0.15, -0.1) is 0 Å². The highest BCUT2D eigenvalue weighted by atomic mass is 32.2. The van der Waals surface area contributed by atoms with Crippen molar-refractivity contribution < 1.29 is 22.3 Å². The Kier molecular flexibility index (Phi) is 4.85. The van der Waals surface area contributed by atoms with Crippen molar-refractivity contribution >= 4 is 27.3 Å². The van der Waals surface area contributed by atoms with Gasteiger partial charge in [-0.3, -0.25) is 9.52 Å². The summed E-state index contributed by atoms with van der Waals surface area (Å²) in [7, 11) is -2.50. The summed E-state index contributed by atoms with van der Waals surface area (Å²) in [5, 5.41) is 2.46. The lowest BCUT2D eigenvalue weighted by Gasteiger charge is -2.11. The summed E-state index contributed by atoms with van der Waals surface area (Å²) in [6.07, 6.45) is 0. The van der Waals surface area contributed by atoms with E-state index in [1.54, 1.807) is 0 Å². The van der Waals surface area contributed by atoms with Crippen LogP contribution in [-0.4, -0.2) is 21.4 Å². The summed E-state index contributed by atoms with van der Waals surface area (Å²) in [5.74, 6) is -0.598. The Morgan fingerprint density at radius 3 is 2.35 bits per heavy atom. The molecule has 0 aliphatic carbocycles. The topological polar surface area (TPSA) is 84.5 Å². The maximum atomic E-state index is 13.8. The van der Waals surface area contributed by atoms with Crippen LogP contribution in [0, 0.1) is 5.82 Å². The Labute approximate surface area is 133 Å². The smallest absolute Gasteiger partial charge is 0.261 e. The summed E-state index contributed by atoms with van der Waals surface area (Å²) < 4.78 is 45.5. The number of anilines is 2. The number of hydrogen-bond donors (Lipinski definition) is 2. The van der Waals surface area contributed by atoms with E-state index in [2.05, 4.69) is 10.0 Å². The van der Waals surface area contributed by atoms with Gasteiger partial charge in [0.15, 0.2) is 0 Å². The van der Waals surface area contributed by atoms with Gasteiger partial charge in [-0.2, -0.15) is 0 Å². The molecule has 23 heavy (non-hydrogen) atoms. The number of methoxy groups -OCH3 is 1. The number of hydrogen-bond acceptors (Lipinski definition) is 4. The first-order valence-corrected chi connectivity index (χ1v) is 8.04. The van der Waals surface area contributed by atoms with E-state index in [9.17, 15) is 17.6 Å². The van der Waals surface area contributed by atoms with Gasteiger partial charge >= 0.3 is 0 Å². The molecule has 0 spiro atoms. The van der Waals surface area contributed by atoms with Crippen LogP contribution in [0.1, 0.15) is 6.92 Å². The van der Waals surface area contributed by atoms with Gasteiger partial charge in [0.25, 0.3) is 10.0 Å². The average Bonchev–Trinajstić information content (AvgIpc) is 2.50. The molecule has 0 aliphatic rings. The van der Waals surface area contributed by atoms with E-state index in [1.807, 2.05) is 0 Å². The lowest BCUT2D eigenvalue weighted by Crippen LogP contribution is -2.14. The number of ether oxygens (including phenoxy) is 1. The largest absolute Gasteiger partial charge is 0.497 e. The number of amides is 1. The molecule has 0 aromatic heterocycles. The van der Waals surface area contributed by atoms with E-state index in [-0.39, 0.29) is 22.2 Å². The predicted molar refractivity (Wildman–Crippen MR) is 84.5 cm³/mol. The van der Waals surface area contributed by atoms with Crippen molar-refractivity contribution in [1.82, 2.24) is 0 Å². The number of sulfonamides is 1. The monoisotopic (exact) mass is 338 g/mol. The predicted octanol–water partition coefficient (Wildman–Crippen LogP) is 2.59. The Bertz CT molecular complexity index is 820. The van der Waals surface area contributed by atoms with Crippen molar-refractivity contribution in [3.63, 3.8) is 0 Å². The van der Waals surface area contributed by atoms with Crippen molar-refractivity contribution in [2.24, 2.45) is 0 Å². The van der Waals surface area contributed by atoms with Gasteiger partial charge in [-0.1, -0.05) is 0 Å². The molecule has 0 bridgehead atoms. The minimum Gasteiger partial charge on any atom is -0.497 e. The van der Waals surface area contributed by atoms with Crippen molar-refractivity contribution in [2.45, 2.75) is 11.8 Å². The molecule has 0 heterocycles. The molecule has 122 valence electrons. The third-order valence-corrected chi connectivity index (χ3v) is 4.28. The lowest BCUT2D eigenvalue weighted by molar-refractivity contribution is -0.114. The summed E-state index contributed by atoms with van der Waals surface area (Å²) in [4.78, 5) is 11.0. The molecular formula is C15H15FN2O4S. The van der Waals surface area contributed by atoms with Crippen LogP contribution in [0.2, 0.25) is 0 Å². The molecule has 0 atom stereocenters. The summed E-state index contributed by atoms with van der Waals surface area (Å²) in [6.45, 7) is 1.30. The number of halogens is 1. The van der Waals surface area contributed by atoms with Crippen molar-refractivity contribution in [3.8, 4) is 5.75 Å². The van der Waals surface area contributed by atoms with Crippen LogP contribution in [0.5, 0.6) is 5.75 Å². The third kappa shape index (κ3) is 4.19. The van der Waals surface area contributed by atoms with Crippen LogP contribution in [0.25, 0.3) is 0 Å². The average molecular weight is 338 g/mol. The maximum Gasteiger partial charge on any atom is 0.261 e. The molecule has 2 N–H and O–H groups in total. The van der Waals surface area contributed by atoms with Crippen LogP contribution in [0.4, 0.5) is 15.8 Å². The lowest BCUT2D eigenvalue weighted by atomic mass is 10.2. The highest BCUT2D eigenvalue weighted by molar-refractivity contribution is 7.92. The summed E-state index contributed by atoms with van der Waals surface area (Å²) in [5.41, 5.74) is 0.0263. The highest BCUT2D eigenvalue weighted by Gasteiger charge is 2.17. The molecular weight excluding hydrogens is 323 g/mol. The first-order chi connectivity index (χ1) is 10.8. The Balaban J connectivity index is 2.30. The molecule has 1 amide bonds. The first kappa shape index (κ1) is 16.8. The van der Waals surface area contributed by atoms with Crippen LogP contribution in [-0.2, 0) is 14.8 Å². The van der Waals surface area contributed by atoms with E-state index in [1.165, 1.54) is 50.4 Å². The van der Waals surface area contributed by atoms with Gasteiger partial charge in [0, 0.05) is 12.6 Å². The van der Waals surface area contributed by atoms with E-state index in [0.717, 1.165) is 6.07 Å². The summed E-state index contributed by atoms with van der Waals surface area (Å²) in [6, 6.07) is 9.27. The number of rotatable bonds is 5. The number of carbonyl (C=O) groups excluding carboxylic acids is 1. The van der Waals surface area contributed by atoms with Gasteiger partial charge in [0.1, 0.15) is 11.6 Å². The van der Waals surface area contributed by atoms with E-state index >= 15 is 0 Å². The molecule has 2 rings (SSSR count). The van der Waals surface area contributed by atoms with Gasteiger partial charge in [-0.05, 0) is 42.5 Å². The number of benzene rings is 2. The SMILES string of the molecule is COc1ccc(S(=O)(=O)Nc2cc(NC(C)=O)ccc2F)cc1. The normalized spacial score (nSPS) is 10.9. The van der Waals surface area contributed by atoms with Crippen molar-refractivity contribution in [3.05, 3.63) is 48.3 Å². The number of nitrogens with one attached hydrogen (secondary N) is 2. The third-order valence-electron chi connectivity index (χ3n) is 2.90. The molecule has 2 aromatic rings. The fourth-order valence-corrected chi connectivity index (χ4v) is 2.90. The minimum absolute atomic E-state index is 0.0392. The maximum absolute atomic E-state index is 13.8. The fourth-order valence-electron chi connectivity index (χ4n) is 1.84. The molecule has 0 saturated carbocycles.